The fraction of sp³-hybridized carbons (Fsp3) is 0.455. The van der Waals surface area contributed by atoms with Crippen LogP contribution in [0.25, 0.3) is 0 Å². The maximum absolute atomic E-state index is 13.1. The van der Waals surface area contributed by atoms with Gasteiger partial charge >= 0.3 is 0 Å². The van der Waals surface area contributed by atoms with Gasteiger partial charge in [0.25, 0.3) is 0 Å². The second kappa shape index (κ2) is 10.0. The molecule has 0 aliphatic carbocycles. The Kier molecular flexibility index (Phi) is 7.43. The third kappa shape index (κ3) is 5.31. The summed E-state index contributed by atoms with van der Waals surface area (Å²) < 4.78 is 0. The molecule has 1 aromatic carbocycles. The molecule has 1 saturated heterocycles. The molecule has 1 fully saturated rings. The Labute approximate surface area is 172 Å². The zero-order valence-electron chi connectivity index (χ0n) is 16.6. The van der Waals surface area contributed by atoms with Crippen molar-refractivity contribution in [1.29, 1.82) is 0 Å². The van der Waals surface area contributed by atoms with Crippen molar-refractivity contribution in [3.05, 3.63) is 64.9 Å². The van der Waals surface area contributed by atoms with Crippen LogP contribution < -0.4 is 5.32 Å². The first-order valence-electron chi connectivity index (χ1n) is 10.00. The molecule has 1 amide bonds. The summed E-state index contributed by atoms with van der Waals surface area (Å²) in [4.78, 5) is 21.5. The fourth-order valence-electron chi connectivity index (χ4n) is 3.82. The Morgan fingerprint density at radius 1 is 1.21 bits per heavy atom. The number of likely N-dealkylation sites (tertiary alicyclic amines) is 1. The standard InChI is InChI=1S/C22H29ClN4O/c1-3-26(4-2)22(28)21-12-20(25-14-18-6-5-11-24-13-18)16-27(21)15-17-7-9-19(23)10-8-17/h5-11,13,20-21,25H,3-4,12,14-16H2,1-2H3/t20-,21+/m1/s1. The summed E-state index contributed by atoms with van der Waals surface area (Å²) in [6.45, 7) is 7.93. The normalized spacial score (nSPS) is 19.7. The van der Waals surface area contributed by atoms with Crippen LogP contribution in [0.5, 0.6) is 0 Å². The lowest BCUT2D eigenvalue weighted by Gasteiger charge is -2.28. The van der Waals surface area contributed by atoms with Crippen molar-refractivity contribution in [2.45, 2.75) is 45.4 Å². The minimum Gasteiger partial charge on any atom is -0.342 e. The summed E-state index contributed by atoms with van der Waals surface area (Å²) in [6.07, 6.45) is 4.49. The van der Waals surface area contributed by atoms with Gasteiger partial charge in [-0.1, -0.05) is 29.8 Å². The third-order valence-corrected chi connectivity index (χ3v) is 5.63. The van der Waals surface area contributed by atoms with E-state index in [1.54, 1.807) is 6.20 Å². The molecule has 1 aromatic heterocycles. The summed E-state index contributed by atoms with van der Waals surface area (Å²) in [5, 5.41) is 4.34. The van der Waals surface area contributed by atoms with Gasteiger partial charge < -0.3 is 10.2 Å². The number of rotatable bonds is 8. The predicted molar refractivity (Wildman–Crippen MR) is 113 cm³/mol. The highest BCUT2D eigenvalue weighted by Crippen LogP contribution is 2.23. The van der Waals surface area contributed by atoms with Gasteiger partial charge in [-0.05, 0) is 49.6 Å². The van der Waals surface area contributed by atoms with Gasteiger partial charge in [-0.15, -0.1) is 0 Å². The van der Waals surface area contributed by atoms with Crippen molar-refractivity contribution < 1.29 is 4.79 Å². The molecule has 0 radical (unpaired) electrons. The second-order valence-electron chi connectivity index (χ2n) is 7.26. The molecule has 0 unspecified atom stereocenters. The lowest BCUT2D eigenvalue weighted by Crippen LogP contribution is -2.45. The molecule has 6 heteroatoms. The molecule has 3 rings (SSSR count). The minimum absolute atomic E-state index is 0.0954. The largest absolute Gasteiger partial charge is 0.342 e. The number of aromatic nitrogens is 1. The summed E-state index contributed by atoms with van der Waals surface area (Å²) in [6, 6.07) is 12.1. The summed E-state index contributed by atoms with van der Waals surface area (Å²) in [7, 11) is 0. The molecule has 28 heavy (non-hydrogen) atoms. The average molecular weight is 401 g/mol. The van der Waals surface area contributed by atoms with Gasteiger partial charge in [0.2, 0.25) is 5.91 Å². The van der Waals surface area contributed by atoms with Gasteiger partial charge in [0.15, 0.2) is 0 Å². The highest BCUT2D eigenvalue weighted by atomic mass is 35.5. The average Bonchev–Trinajstić information content (AvgIpc) is 3.12. The van der Waals surface area contributed by atoms with Crippen LogP contribution in [0.3, 0.4) is 0 Å². The molecule has 0 bridgehead atoms. The van der Waals surface area contributed by atoms with E-state index in [0.717, 1.165) is 49.7 Å². The summed E-state index contributed by atoms with van der Waals surface area (Å²) >= 11 is 6.02. The summed E-state index contributed by atoms with van der Waals surface area (Å²) in [5.41, 5.74) is 2.33. The van der Waals surface area contributed by atoms with Gasteiger partial charge in [0.05, 0.1) is 6.04 Å². The van der Waals surface area contributed by atoms with Gasteiger partial charge in [-0.25, -0.2) is 0 Å². The third-order valence-electron chi connectivity index (χ3n) is 5.38. The molecule has 150 valence electrons. The topological polar surface area (TPSA) is 48.5 Å². The Hall–Kier alpha value is -1.95. The smallest absolute Gasteiger partial charge is 0.239 e. The second-order valence-corrected chi connectivity index (χ2v) is 7.69. The predicted octanol–water partition coefficient (Wildman–Crippen LogP) is 3.34. The summed E-state index contributed by atoms with van der Waals surface area (Å²) in [5.74, 6) is 0.227. The van der Waals surface area contributed by atoms with Crippen molar-refractivity contribution in [2.24, 2.45) is 0 Å². The maximum Gasteiger partial charge on any atom is 0.239 e. The number of benzene rings is 1. The number of nitrogens with zero attached hydrogens (tertiary/aromatic N) is 3. The van der Waals surface area contributed by atoms with Crippen LogP contribution in [0.2, 0.25) is 5.02 Å². The zero-order valence-corrected chi connectivity index (χ0v) is 17.4. The van der Waals surface area contributed by atoms with E-state index >= 15 is 0 Å². The van der Waals surface area contributed by atoms with E-state index in [0.29, 0.717) is 0 Å². The fourth-order valence-corrected chi connectivity index (χ4v) is 3.94. The molecule has 2 heterocycles. The van der Waals surface area contributed by atoms with Crippen LogP contribution in [-0.2, 0) is 17.9 Å². The van der Waals surface area contributed by atoms with E-state index in [2.05, 4.69) is 21.3 Å². The van der Waals surface area contributed by atoms with E-state index in [9.17, 15) is 4.79 Å². The lowest BCUT2D eigenvalue weighted by molar-refractivity contribution is -0.135. The van der Waals surface area contributed by atoms with Gasteiger partial charge in [0.1, 0.15) is 0 Å². The number of amides is 1. The maximum atomic E-state index is 13.1. The van der Waals surface area contributed by atoms with Gasteiger partial charge in [-0.3, -0.25) is 14.7 Å². The SMILES string of the molecule is CCN(CC)C(=O)[C@@H]1C[C@@H](NCc2cccnc2)CN1Cc1ccc(Cl)cc1. The van der Waals surface area contributed by atoms with E-state index in [1.165, 1.54) is 5.56 Å². The van der Waals surface area contributed by atoms with Crippen LogP contribution in [0.1, 0.15) is 31.4 Å². The van der Waals surface area contributed by atoms with Crippen molar-refractivity contribution in [3.63, 3.8) is 0 Å². The number of likely N-dealkylation sites (N-methyl/N-ethyl adjacent to an activating group) is 1. The molecule has 1 N–H and O–H groups in total. The van der Waals surface area contributed by atoms with Crippen LogP contribution in [0, 0.1) is 0 Å². The number of carbonyl (C=O) groups is 1. The lowest BCUT2D eigenvalue weighted by atomic mass is 10.1. The number of hydrogen-bond acceptors (Lipinski definition) is 4. The van der Waals surface area contributed by atoms with E-state index in [-0.39, 0.29) is 18.0 Å². The first kappa shape index (κ1) is 20.8. The van der Waals surface area contributed by atoms with Crippen LogP contribution in [-0.4, -0.2) is 52.4 Å². The Morgan fingerprint density at radius 3 is 2.61 bits per heavy atom. The van der Waals surface area contributed by atoms with E-state index in [4.69, 9.17) is 11.6 Å². The zero-order chi connectivity index (χ0) is 19.9. The number of carbonyl (C=O) groups excluding carboxylic acids is 1. The number of hydrogen-bond donors (Lipinski definition) is 1. The molecule has 0 saturated carbocycles. The van der Waals surface area contributed by atoms with E-state index < -0.39 is 0 Å². The van der Waals surface area contributed by atoms with Crippen LogP contribution >= 0.6 is 11.6 Å². The highest BCUT2D eigenvalue weighted by Gasteiger charge is 2.38. The molecule has 0 spiro atoms. The molecular weight excluding hydrogens is 372 g/mol. The number of halogens is 1. The highest BCUT2D eigenvalue weighted by molar-refractivity contribution is 6.30. The van der Waals surface area contributed by atoms with Crippen molar-refractivity contribution in [2.75, 3.05) is 19.6 Å². The molecule has 5 nitrogen and oxygen atoms in total. The quantitative estimate of drug-likeness (QED) is 0.738. The van der Waals surface area contributed by atoms with Crippen LogP contribution in [0.15, 0.2) is 48.8 Å². The Morgan fingerprint density at radius 2 is 1.96 bits per heavy atom. The molecule has 2 atom stereocenters. The first-order valence-corrected chi connectivity index (χ1v) is 10.4. The van der Waals surface area contributed by atoms with Gasteiger partial charge in [-0.2, -0.15) is 0 Å². The molecule has 2 aromatic rings. The first-order chi connectivity index (χ1) is 13.6. The Balaban J connectivity index is 1.69. The van der Waals surface area contributed by atoms with Crippen LogP contribution in [0.4, 0.5) is 0 Å². The Bertz CT molecular complexity index is 749. The number of nitrogens with one attached hydrogen (secondary N) is 1. The van der Waals surface area contributed by atoms with Gasteiger partial charge in [0, 0.05) is 56.2 Å². The molecule has 1 aliphatic heterocycles. The minimum atomic E-state index is -0.0954. The van der Waals surface area contributed by atoms with Crippen molar-refractivity contribution in [1.82, 2.24) is 20.1 Å². The van der Waals surface area contributed by atoms with Crippen molar-refractivity contribution in [3.8, 4) is 0 Å². The molecular formula is C22H29ClN4O. The van der Waals surface area contributed by atoms with E-state index in [1.807, 2.05) is 55.3 Å². The monoisotopic (exact) mass is 400 g/mol. The number of pyridine rings is 1. The molecule has 1 aliphatic rings. The van der Waals surface area contributed by atoms with Crippen molar-refractivity contribution >= 4 is 17.5 Å².